The van der Waals surface area contributed by atoms with Crippen LogP contribution in [0.5, 0.6) is 0 Å². The minimum Gasteiger partial charge on any atom is -0.480 e. The van der Waals surface area contributed by atoms with Crippen LogP contribution in [0.25, 0.3) is 10.9 Å². The number of aliphatic hydroxyl groups excluding tert-OH is 2. The molecule has 0 unspecified atom stereocenters. The van der Waals surface area contributed by atoms with Crippen LogP contribution >= 0.6 is 0 Å². The molecule has 1 aliphatic rings. The Morgan fingerprint density at radius 3 is 2.42 bits per heavy atom. The van der Waals surface area contributed by atoms with Crippen molar-refractivity contribution in [3.8, 4) is 0 Å². The van der Waals surface area contributed by atoms with E-state index in [9.17, 15) is 48.9 Å². The molecule has 8 atom stereocenters. The Morgan fingerprint density at radius 2 is 1.77 bits per heavy atom. The van der Waals surface area contributed by atoms with Gasteiger partial charge in [0, 0.05) is 55.8 Å². The van der Waals surface area contributed by atoms with Gasteiger partial charge in [-0.25, -0.2) is 14.4 Å². The van der Waals surface area contributed by atoms with Crippen molar-refractivity contribution >= 4 is 40.6 Å². The average molecular weight is 730 g/mol. The van der Waals surface area contributed by atoms with E-state index < -0.39 is 96.2 Å². The first kappa shape index (κ1) is 39.2. The van der Waals surface area contributed by atoms with Gasteiger partial charge in [0.25, 0.3) is 5.56 Å². The number of rotatable bonds is 15. The Labute approximate surface area is 295 Å². The quantitative estimate of drug-likeness (QED) is 0.0741. The number of benzene rings is 1. The third-order valence-corrected chi connectivity index (χ3v) is 8.79. The molecule has 11 N–H and O–H groups in total. The first-order valence-corrected chi connectivity index (χ1v) is 16.3. The van der Waals surface area contributed by atoms with Gasteiger partial charge in [0.2, 0.25) is 17.7 Å². The van der Waals surface area contributed by atoms with Crippen molar-refractivity contribution in [1.82, 2.24) is 40.7 Å². The molecular formula is C32H43N9O11. The molecule has 2 aromatic heterocycles. The summed E-state index contributed by atoms with van der Waals surface area (Å²) in [5.74, 6) is -3.79. The molecule has 52 heavy (non-hydrogen) atoms. The van der Waals surface area contributed by atoms with Crippen LogP contribution in [0.4, 0.5) is 4.79 Å². The number of H-pyrrole nitrogens is 2. The summed E-state index contributed by atoms with van der Waals surface area (Å²) < 4.78 is 6.74. The van der Waals surface area contributed by atoms with E-state index >= 15 is 0 Å². The minimum atomic E-state index is -1.69. The zero-order valence-electron chi connectivity index (χ0n) is 28.6. The van der Waals surface area contributed by atoms with Crippen LogP contribution in [0.1, 0.15) is 32.1 Å². The summed E-state index contributed by atoms with van der Waals surface area (Å²) in [6.45, 7) is 2.02. The zero-order valence-corrected chi connectivity index (χ0v) is 28.6. The molecule has 0 aliphatic carbocycles. The van der Waals surface area contributed by atoms with Crippen LogP contribution in [0.3, 0.4) is 0 Å². The predicted molar refractivity (Wildman–Crippen MR) is 183 cm³/mol. The first-order valence-electron chi connectivity index (χ1n) is 16.3. The fraction of sp³-hybridized carbons (Fsp3) is 0.469. The lowest BCUT2D eigenvalue weighted by atomic mass is 10.0. The number of nitrogens with one attached hydrogen (secondary N) is 6. The molecule has 20 nitrogen and oxygen atoms in total. The average Bonchev–Trinajstić information content (AvgIpc) is 3.69. The van der Waals surface area contributed by atoms with Gasteiger partial charge in [0.15, 0.2) is 6.23 Å². The Balaban J connectivity index is 1.44. The van der Waals surface area contributed by atoms with Gasteiger partial charge in [-0.2, -0.15) is 0 Å². The molecule has 0 bridgehead atoms. The van der Waals surface area contributed by atoms with Gasteiger partial charge in [0.1, 0.15) is 24.2 Å². The summed E-state index contributed by atoms with van der Waals surface area (Å²) in [4.78, 5) is 94.4. The standard InChI is InChI=1S/C32H43N9O11/c1-15(40(3)24(45)12-33)25(27(46)35-14-18-11-22(43)29(52-18)41-9-8-23(44)37-32(41)51)38-28(47)26(16(2)42)39-31(50)36-21(30(48)49)10-17-13-34-20-7-5-4-6-19(17)20/h4-9,13,15-16,18,21-22,25-26,29,34,42-43H,10-12,14,33H2,1-3H3,(H,35,46)(H,38,47)(H,48,49)(H2,36,39,50)(H,37,44,51)/t15-,16+,18+,21-,22+,25-,26+,29+/m0/s1. The molecule has 5 amide bonds. The summed E-state index contributed by atoms with van der Waals surface area (Å²) in [7, 11) is 1.35. The fourth-order valence-corrected chi connectivity index (χ4v) is 5.77. The normalized spacial score (nSPS) is 19.8. The van der Waals surface area contributed by atoms with Gasteiger partial charge in [0.05, 0.1) is 24.8 Å². The first-order chi connectivity index (χ1) is 24.6. The molecule has 3 heterocycles. The second kappa shape index (κ2) is 17.1. The monoisotopic (exact) mass is 729 g/mol. The van der Waals surface area contributed by atoms with E-state index in [1.165, 1.54) is 20.9 Å². The van der Waals surface area contributed by atoms with Crippen molar-refractivity contribution in [2.45, 2.75) is 75.4 Å². The minimum absolute atomic E-state index is 0.0184. The summed E-state index contributed by atoms with van der Waals surface area (Å²) in [5.41, 5.74) is 5.43. The number of fused-ring (bicyclic) bond motifs is 1. The number of aromatic nitrogens is 3. The Kier molecular flexibility index (Phi) is 12.9. The number of aliphatic hydroxyl groups is 2. The van der Waals surface area contributed by atoms with Crippen LogP contribution in [0, 0.1) is 0 Å². The second-order valence-electron chi connectivity index (χ2n) is 12.4. The summed E-state index contributed by atoms with van der Waals surface area (Å²) in [5, 5.41) is 41.2. The Morgan fingerprint density at radius 1 is 1.06 bits per heavy atom. The van der Waals surface area contributed by atoms with E-state index in [2.05, 4.69) is 31.2 Å². The number of urea groups is 1. The van der Waals surface area contributed by atoms with Crippen LogP contribution in [0.15, 0.2) is 52.3 Å². The van der Waals surface area contributed by atoms with E-state index in [-0.39, 0.29) is 19.4 Å². The summed E-state index contributed by atoms with van der Waals surface area (Å²) >= 11 is 0. The number of hydrogen-bond donors (Lipinski definition) is 10. The van der Waals surface area contributed by atoms with E-state index in [0.29, 0.717) is 5.56 Å². The topological polar surface area (TPSA) is 303 Å². The maximum Gasteiger partial charge on any atom is 0.330 e. The summed E-state index contributed by atoms with van der Waals surface area (Å²) in [6.07, 6.45) is -2.05. The number of ether oxygens (including phenoxy) is 1. The molecule has 4 rings (SSSR count). The predicted octanol–water partition coefficient (Wildman–Crippen LogP) is -3.18. The lowest BCUT2D eigenvalue weighted by Gasteiger charge is -2.33. The molecular weight excluding hydrogens is 686 g/mol. The molecule has 282 valence electrons. The molecule has 1 saturated heterocycles. The lowest BCUT2D eigenvalue weighted by molar-refractivity contribution is -0.139. The van der Waals surface area contributed by atoms with Crippen molar-refractivity contribution < 1.29 is 44.0 Å². The largest absolute Gasteiger partial charge is 0.480 e. The number of amides is 5. The highest BCUT2D eigenvalue weighted by atomic mass is 16.5. The van der Waals surface area contributed by atoms with Gasteiger partial charge in [-0.1, -0.05) is 18.2 Å². The van der Waals surface area contributed by atoms with E-state index in [1.54, 1.807) is 30.5 Å². The van der Waals surface area contributed by atoms with E-state index in [1.807, 2.05) is 0 Å². The number of carboxylic acid groups (broad SMARTS) is 1. The third kappa shape index (κ3) is 9.40. The van der Waals surface area contributed by atoms with E-state index in [0.717, 1.165) is 32.6 Å². The number of carbonyl (C=O) groups excluding carboxylic acids is 4. The van der Waals surface area contributed by atoms with Crippen LogP contribution in [-0.4, -0.2) is 127 Å². The molecule has 3 aromatic rings. The molecule has 0 spiro atoms. The fourth-order valence-electron chi connectivity index (χ4n) is 5.77. The van der Waals surface area contributed by atoms with Gasteiger partial charge in [-0.3, -0.25) is 28.7 Å². The van der Waals surface area contributed by atoms with Crippen molar-refractivity contribution in [2.75, 3.05) is 20.1 Å². The molecule has 20 heteroatoms. The van der Waals surface area contributed by atoms with Crippen molar-refractivity contribution in [3.63, 3.8) is 0 Å². The number of nitrogens with two attached hydrogens (primary N) is 1. The number of para-hydroxylation sites is 1. The smallest absolute Gasteiger partial charge is 0.330 e. The van der Waals surface area contributed by atoms with Crippen molar-refractivity contribution in [2.24, 2.45) is 5.73 Å². The van der Waals surface area contributed by atoms with Crippen LogP contribution in [-0.2, 0) is 30.3 Å². The summed E-state index contributed by atoms with van der Waals surface area (Å²) in [6, 6.07) is 1.53. The number of likely N-dealkylation sites (N-methyl/N-ethyl adjacent to an activating group) is 1. The molecule has 0 radical (unpaired) electrons. The van der Waals surface area contributed by atoms with Crippen LogP contribution < -0.4 is 38.2 Å². The maximum atomic E-state index is 13.6. The number of hydrogen-bond acceptors (Lipinski definition) is 11. The second-order valence-corrected chi connectivity index (χ2v) is 12.4. The van der Waals surface area contributed by atoms with Crippen molar-refractivity contribution in [1.29, 1.82) is 0 Å². The maximum absolute atomic E-state index is 13.6. The van der Waals surface area contributed by atoms with Gasteiger partial charge >= 0.3 is 17.7 Å². The zero-order chi connectivity index (χ0) is 38.3. The van der Waals surface area contributed by atoms with Gasteiger partial charge < -0.3 is 56.9 Å². The highest BCUT2D eigenvalue weighted by molar-refractivity contribution is 5.94. The van der Waals surface area contributed by atoms with Gasteiger partial charge in [-0.15, -0.1) is 0 Å². The molecule has 0 saturated carbocycles. The highest BCUT2D eigenvalue weighted by Crippen LogP contribution is 2.27. The molecule has 1 aromatic carbocycles. The van der Waals surface area contributed by atoms with Crippen LogP contribution in [0.2, 0.25) is 0 Å². The molecule has 1 aliphatic heterocycles. The number of carbonyl (C=O) groups is 5. The SMILES string of the molecule is C[C@@H](O)[C@@H](NC(=O)N[C@@H](Cc1c[nH]c2ccccc12)C(=O)O)C(=O)N[C@H](C(=O)NC[C@H]1C[C@@H](O)[C@H](n2ccc(=O)[nH]c2=O)O1)[C@H](C)N(C)C(=O)CN. The van der Waals surface area contributed by atoms with E-state index in [4.69, 9.17) is 10.5 Å². The number of aromatic amines is 2. The molecule has 1 fully saturated rings. The highest BCUT2D eigenvalue weighted by Gasteiger charge is 2.38. The Hall–Kier alpha value is -5.57. The number of carboxylic acids is 1. The number of aliphatic carboxylic acids is 1. The Bertz CT molecular complexity index is 1890. The lowest BCUT2D eigenvalue weighted by Crippen LogP contribution is -2.63. The number of nitrogens with zero attached hydrogens (tertiary/aromatic N) is 2. The van der Waals surface area contributed by atoms with Gasteiger partial charge in [-0.05, 0) is 25.5 Å². The van der Waals surface area contributed by atoms with Crippen molar-refractivity contribution in [3.05, 3.63) is 69.1 Å². The third-order valence-electron chi connectivity index (χ3n) is 8.79.